The van der Waals surface area contributed by atoms with E-state index in [-0.39, 0.29) is 39.2 Å². The molecule has 0 rings (SSSR count). The molecule has 0 radical (unpaired) electrons. The van der Waals surface area contributed by atoms with Crippen molar-refractivity contribution in [3.05, 3.63) is 0 Å². The van der Waals surface area contributed by atoms with E-state index in [0.29, 0.717) is 0 Å². The Balaban J connectivity index is -0.00000000500. The quantitative estimate of drug-likeness (QED) is 0.472. The summed E-state index contributed by atoms with van der Waals surface area (Å²) in [4.78, 5) is 0. The second-order valence-corrected chi connectivity index (χ2v) is 0. The Morgan fingerprint density at radius 1 is 1.00 bits per heavy atom. The second kappa shape index (κ2) is 42.1. The van der Waals surface area contributed by atoms with Gasteiger partial charge in [-0.15, -0.1) is 0 Å². The van der Waals surface area contributed by atoms with Crippen molar-refractivity contribution in [2.45, 2.75) is 0 Å². The van der Waals surface area contributed by atoms with Gasteiger partial charge >= 0.3 is 39.2 Å². The van der Waals surface area contributed by atoms with Crippen LogP contribution in [0.2, 0.25) is 0 Å². The summed E-state index contributed by atoms with van der Waals surface area (Å²) in [7, 11) is 0. The molecule has 0 spiro atoms. The summed E-state index contributed by atoms with van der Waals surface area (Å²) >= 11 is 7.28. The predicted octanol–water partition coefficient (Wildman–Crippen LogP) is -0.00330. The maximum atomic E-state index is 6.47. The van der Waals surface area contributed by atoms with E-state index in [2.05, 4.69) is 23.7 Å². The van der Waals surface area contributed by atoms with Gasteiger partial charge < -0.3 is 0 Å². The zero-order chi connectivity index (χ0) is 4.00. The van der Waals surface area contributed by atoms with Gasteiger partial charge in [-0.3, -0.25) is 9.32 Å². The second-order valence-electron chi connectivity index (χ2n) is 0. The third-order valence-electron chi connectivity index (χ3n) is 0. The van der Waals surface area contributed by atoms with Crippen LogP contribution in [0.1, 0.15) is 1.43 Å². The molecule has 0 aromatic rings. The van der Waals surface area contributed by atoms with Crippen molar-refractivity contribution in [1.82, 2.24) is 0 Å². The van der Waals surface area contributed by atoms with Crippen LogP contribution in [0.25, 0.3) is 0 Å². The fraction of sp³-hybridized carbons (Fsp3) is 0. The molecular weight excluding hydrogens is 143 g/mol. The van der Waals surface area contributed by atoms with Gasteiger partial charge in [0.2, 0.25) is 0 Å². The molecule has 28 valence electrons. The Kier molecular flexibility index (Phi) is 134. The van der Waals surface area contributed by atoms with Gasteiger partial charge in [-0.05, 0) is 0 Å². The van der Waals surface area contributed by atoms with Gasteiger partial charge in [0.25, 0.3) is 0 Å². The van der Waals surface area contributed by atoms with Gasteiger partial charge in [-0.25, -0.2) is 0 Å². The van der Waals surface area contributed by atoms with E-state index < -0.39 is 0 Å². The first-order valence-electron chi connectivity index (χ1n) is 0.338. The van der Waals surface area contributed by atoms with E-state index in [1.54, 1.807) is 0 Å². The number of hydrogen-bond donors (Lipinski definition) is 2. The molecule has 0 bridgehead atoms. The fourth-order valence-corrected chi connectivity index (χ4v) is 0. The van der Waals surface area contributed by atoms with Gasteiger partial charge in [0.05, 0.1) is 23.7 Å². The van der Waals surface area contributed by atoms with Crippen LogP contribution in [0.4, 0.5) is 0 Å². The average Bonchev–Trinajstić information content (AvgIpc) is 1.50. The smallest absolute Gasteiger partial charge is 0.295 e. The van der Waals surface area contributed by atoms with Crippen molar-refractivity contribution in [1.29, 1.82) is 0 Å². The molecule has 0 atom stereocenters. The molecular formula is H3CaCl2O2+3. The Hall–Kier alpha value is 1.76. The fourth-order valence-electron chi connectivity index (χ4n) is 0. The summed E-state index contributed by atoms with van der Waals surface area (Å²) in [5.41, 5.74) is 0. The third-order valence-corrected chi connectivity index (χ3v) is 0. The van der Waals surface area contributed by atoms with Crippen molar-refractivity contribution in [3.63, 3.8) is 0 Å². The van der Waals surface area contributed by atoms with Crippen molar-refractivity contribution in [3.8, 4) is 0 Å². The first-order valence-corrected chi connectivity index (χ1v) is 1.01. The first kappa shape index (κ1) is 15.9. The monoisotopic (exact) mass is 145 g/mol. The standard InChI is InChI=1S/Ca.2ClHO/c;2*1-2/h;2*2H/q+2;;/p+1. The molecule has 0 fully saturated rings. The Bertz CT molecular complexity index is 11.5. The first-order chi connectivity index (χ1) is 2.00. The summed E-state index contributed by atoms with van der Waals surface area (Å²) < 4.78 is 12.9. The molecule has 0 aliphatic rings. The van der Waals surface area contributed by atoms with E-state index in [9.17, 15) is 0 Å². The summed E-state index contributed by atoms with van der Waals surface area (Å²) in [6, 6.07) is 0. The third kappa shape index (κ3) is 26.3. The molecule has 0 heterocycles. The van der Waals surface area contributed by atoms with Crippen LogP contribution in [-0.4, -0.2) is 47.1 Å². The minimum atomic E-state index is 0. The van der Waals surface area contributed by atoms with Crippen LogP contribution < -0.4 is 0 Å². The molecule has 5 heavy (non-hydrogen) atoms. The van der Waals surface area contributed by atoms with Gasteiger partial charge in [0.1, 0.15) is 0 Å². The number of halogens is 2. The molecule has 0 saturated heterocycles. The van der Waals surface area contributed by atoms with Crippen molar-refractivity contribution >= 4 is 61.5 Å². The Morgan fingerprint density at radius 3 is 1.00 bits per heavy atom. The van der Waals surface area contributed by atoms with E-state index in [1.165, 1.54) is 0 Å². The van der Waals surface area contributed by atoms with Gasteiger partial charge in [0.15, 0.2) is 0 Å². The predicted molar refractivity (Wildman–Crippen MR) is 23.0 cm³/mol. The van der Waals surface area contributed by atoms with Gasteiger partial charge in [-0.1, -0.05) is 0 Å². The van der Waals surface area contributed by atoms with Crippen LogP contribution in [0.3, 0.4) is 0 Å². The van der Waals surface area contributed by atoms with Crippen LogP contribution in [0, 0.1) is 0 Å². The molecule has 0 saturated carbocycles. The van der Waals surface area contributed by atoms with Crippen LogP contribution in [-0.2, 0) is 0 Å². The van der Waals surface area contributed by atoms with Crippen molar-refractivity contribution in [2.24, 2.45) is 0 Å². The SMILES string of the molecule is OCl.OCl.[Ca+2].[H+]. The van der Waals surface area contributed by atoms with E-state index in [4.69, 9.17) is 9.32 Å². The molecule has 0 aliphatic carbocycles. The number of hydrogen-bond acceptors (Lipinski definition) is 2. The Labute approximate surface area is 71.5 Å². The summed E-state index contributed by atoms with van der Waals surface area (Å²) in [5.74, 6) is 0. The summed E-state index contributed by atoms with van der Waals surface area (Å²) in [6.45, 7) is 0. The minimum absolute atomic E-state index is 0. The molecule has 0 aromatic heterocycles. The summed E-state index contributed by atoms with van der Waals surface area (Å²) in [6.07, 6.45) is 0. The Morgan fingerprint density at radius 2 is 1.00 bits per heavy atom. The van der Waals surface area contributed by atoms with Crippen LogP contribution in [0.15, 0.2) is 0 Å². The largest absolute Gasteiger partial charge is 2.00 e. The topological polar surface area (TPSA) is 40.5 Å². The summed E-state index contributed by atoms with van der Waals surface area (Å²) in [5, 5.41) is 0. The van der Waals surface area contributed by atoms with Gasteiger partial charge in [0, 0.05) is 0 Å². The van der Waals surface area contributed by atoms with E-state index in [0.717, 1.165) is 0 Å². The maximum Gasteiger partial charge on any atom is 2.00 e. The van der Waals surface area contributed by atoms with Crippen molar-refractivity contribution < 1.29 is 10.7 Å². The molecule has 0 aliphatic heterocycles. The van der Waals surface area contributed by atoms with E-state index >= 15 is 0 Å². The maximum absolute atomic E-state index is 6.47. The number of rotatable bonds is 0. The van der Waals surface area contributed by atoms with E-state index in [1.807, 2.05) is 0 Å². The molecule has 5 heteroatoms. The zero-order valence-electron chi connectivity index (χ0n) is 3.36. The molecule has 0 aromatic carbocycles. The van der Waals surface area contributed by atoms with Crippen molar-refractivity contribution in [2.75, 3.05) is 0 Å². The molecule has 2 N–H and O–H groups in total. The average molecular weight is 146 g/mol. The molecule has 0 unspecified atom stereocenters. The normalized spacial score (nSPS) is 2.40. The van der Waals surface area contributed by atoms with Gasteiger partial charge in [-0.2, -0.15) is 0 Å². The molecule has 0 amide bonds. The molecule has 2 nitrogen and oxygen atoms in total. The zero-order valence-corrected chi connectivity index (χ0v) is 6.08. The van der Waals surface area contributed by atoms with Crippen LogP contribution >= 0.6 is 23.7 Å². The van der Waals surface area contributed by atoms with Crippen LogP contribution in [0.5, 0.6) is 0 Å². The minimum Gasteiger partial charge on any atom is -0.295 e.